The lowest BCUT2D eigenvalue weighted by Gasteiger charge is -2.32. The van der Waals surface area contributed by atoms with E-state index in [4.69, 9.17) is 10.00 Å². The molecule has 168 valence electrons. The van der Waals surface area contributed by atoms with E-state index in [1.807, 2.05) is 6.08 Å². The summed E-state index contributed by atoms with van der Waals surface area (Å²) < 4.78 is 45.5. The van der Waals surface area contributed by atoms with E-state index < -0.39 is 17.5 Å². The topological polar surface area (TPSA) is 33.0 Å². The van der Waals surface area contributed by atoms with Gasteiger partial charge < -0.3 is 4.74 Å². The van der Waals surface area contributed by atoms with Gasteiger partial charge in [0.1, 0.15) is 6.07 Å². The van der Waals surface area contributed by atoms with Crippen LogP contribution in [0.15, 0.2) is 42.3 Å². The summed E-state index contributed by atoms with van der Waals surface area (Å²) in [6.07, 6.45) is 15.8. The zero-order valence-corrected chi connectivity index (χ0v) is 18.0. The molecule has 1 aromatic carbocycles. The molecule has 2 saturated carbocycles. The molecule has 31 heavy (non-hydrogen) atoms. The van der Waals surface area contributed by atoms with Crippen LogP contribution >= 0.6 is 0 Å². The first-order chi connectivity index (χ1) is 15.0. The van der Waals surface area contributed by atoms with Gasteiger partial charge in [-0.2, -0.15) is 9.65 Å². The summed E-state index contributed by atoms with van der Waals surface area (Å²) in [5.41, 5.74) is 0.914. The van der Waals surface area contributed by atoms with Gasteiger partial charge in [0.15, 0.2) is 17.5 Å². The third-order valence-corrected chi connectivity index (χ3v) is 6.85. The Bertz CT molecular complexity index is 797. The minimum atomic E-state index is -0.778. The molecule has 0 spiro atoms. The van der Waals surface area contributed by atoms with Crippen molar-refractivity contribution in [2.45, 2.75) is 76.2 Å². The Morgan fingerprint density at radius 1 is 1.00 bits per heavy atom. The Morgan fingerprint density at radius 3 is 2.39 bits per heavy atom. The van der Waals surface area contributed by atoms with Crippen molar-refractivity contribution in [1.29, 1.82) is 5.26 Å². The molecule has 0 amide bonds. The second-order valence-corrected chi connectivity index (χ2v) is 9.00. The molecular formula is C26H32F3NO. The molecule has 0 unspecified atom stereocenters. The lowest BCUT2D eigenvalue weighted by molar-refractivity contribution is -0.00824. The number of hydrogen-bond acceptors (Lipinski definition) is 2. The van der Waals surface area contributed by atoms with E-state index in [0.717, 1.165) is 63.5 Å². The minimum Gasteiger partial charge on any atom is -0.378 e. The molecule has 0 radical (unpaired) electrons. The number of hydrogen-bond donors (Lipinski definition) is 0. The largest absolute Gasteiger partial charge is 0.378 e. The number of nitriles is 1. The van der Waals surface area contributed by atoms with Crippen LogP contribution in [-0.2, 0) is 4.74 Å². The normalized spacial score (nSPS) is 27.4. The molecule has 1 aromatic rings. The average Bonchev–Trinajstić information content (AvgIpc) is 2.80. The molecule has 5 heteroatoms. The molecule has 2 fully saturated rings. The molecule has 2 nitrogen and oxygen atoms in total. The smallest absolute Gasteiger partial charge is 0.199 e. The van der Waals surface area contributed by atoms with E-state index in [1.165, 1.54) is 37.1 Å². The Hall–Kier alpha value is -2.06. The van der Waals surface area contributed by atoms with Crippen molar-refractivity contribution in [3.63, 3.8) is 0 Å². The second-order valence-electron chi connectivity index (χ2n) is 9.00. The van der Waals surface area contributed by atoms with Crippen molar-refractivity contribution in [2.75, 3.05) is 6.61 Å². The first kappa shape index (κ1) is 23.6. The highest BCUT2D eigenvalue weighted by atomic mass is 19.2. The summed E-state index contributed by atoms with van der Waals surface area (Å²) in [7, 11) is 0. The number of halogens is 3. The standard InChI is InChI=1S/C26H32F3NO/c27-23(17-30)5-3-1-2-4-19-8-13-24(14-9-19)31-18-20-6-10-21(11-7-20)22-12-15-25(28)26(29)16-22/h1,3,5,12,15-16,19-21,24H,2,4,6-11,13-14,18H2/t19-,20-,21-,24-. The monoisotopic (exact) mass is 431 g/mol. The third-order valence-electron chi connectivity index (χ3n) is 6.85. The second kappa shape index (κ2) is 12.1. The van der Waals surface area contributed by atoms with E-state index in [-0.39, 0.29) is 0 Å². The van der Waals surface area contributed by atoms with E-state index in [0.29, 0.717) is 23.9 Å². The molecule has 0 atom stereocenters. The third kappa shape index (κ3) is 7.54. The summed E-state index contributed by atoms with van der Waals surface area (Å²) in [6, 6.07) is 5.77. The summed E-state index contributed by atoms with van der Waals surface area (Å²) in [5.74, 6) is -0.707. The maximum Gasteiger partial charge on any atom is 0.199 e. The van der Waals surface area contributed by atoms with Gasteiger partial charge in [-0.25, -0.2) is 8.78 Å². The van der Waals surface area contributed by atoms with Crippen LogP contribution in [0.4, 0.5) is 13.2 Å². The van der Waals surface area contributed by atoms with E-state index in [1.54, 1.807) is 12.1 Å². The molecule has 2 aliphatic carbocycles. The fourth-order valence-corrected chi connectivity index (χ4v) is 4.91. The number of nitrogens with zero attached hydrogens (tertiary/aromatic N) is 1. The quantitative estimate of drug-likeness (QED) is 0.315. The molecule has 0 aliphatic heterocycles. The summed E-state index contributed by atoms with van der Waals surface area (Å²) in [4.78, 5) is 0. The molecule has 0 saturated heterocycles. The van der Waals surface area contributed by atoms with Gasteiger partial charge in [0.05, 0.1) is 6.10 Å². The van der Waals surface area contributed by atoms with E-state index >= 15 is 0 Å². The van der Waals surface area contributed by atoms with Crippen LogP contribution < -0.4 is 0 Å². The van der Waals surface area contributed by atoms with E-state index in [9.17, 15) is 13.2 Å². The zero-order chi connectivity index (χ0) is 22.1. The maximum atomic E-state index is 13.5. The SMILES string of the molecule is N#CC(F)=CC=CCC[C@H]1CC[C@H](OC[C@H]2CC[C@H](c3ccc(F)c(F)c3)CC2)CC1. The number of rotatable bonds is 8. The van der Waals surface area contributed by atoms with E-state index in [2.05, 4.69) is 0 Å². The van der Waals surface area contributed by atoms with Crippen molar-refractivity contribution < 1.29 is 17.9 Å². The summed E-state index contributed by atoms with van der Waals surface area (Å²) in [6.45, 7) is 0.805. The highest BCUT2D eigenvalue weighted by Gasteiger charge is 2.26. The van der Waals surface area contributed by atoms with Gasteiger partial charge in [0, 0.05) is 6.61 Å². The van der Waals surface area contributed by atoms with Crippen molar-refractivity contribution in [3.05, 3.63) is 59.5 Å². The predicted octanol–water partition coefficient (Wildman–Crippen LogP) is 7.53. The molecule has 0 N–H and O–H groups in total. The lowest BCUT2D eigenvalue weighted by atomic mass is 9.79. The van der Waals surface area contributed by atoms with Crippen molar-refractivity contribution >= 4 is 0 Å². The maximum absolute atomic E-state index is 13.5. The van der Waals surface area contributed by atoms with Gasteiger partial charge in [-0.05, 0) is 106 Å². The molecule has 0 aromatic heterocycles. The van der Waals surface area contributed by atoms with Crippen LogP contribution in [0.3, 0.4) is 0 Å². The van der Waals surface area contributed by atoms with Crippen molar-refractivity contribution in [2.24, 2.45) is 11.8 Å². The Labute approximate surface area is 183 Å². The van der Waals surface area contributed by atoms with Gasteiger partial charge in [0.25, 0.3) is 0 Å². The van der Waals surface area contributed by atoms with Crippen LogP contribution in [0.2, 0.25) is 0 Å². The van der Waals surface area contributed by atoms with Crippen LogP contribution in [0.5, 0.6) is 0 Å². The molecule has 3 rings (SSSR count). The van der Waals surface area contributed by atoms with Crippen LogP contribution in [0.25, 0.3) is 0 Å². The highest BCUT2D eigenvalue weighted by molar-refractivity contribution is 5.22. The lowest BCUT2D eigenvalue weighted by Crippen LogP contribution is -2.25. The fraction of sp³-hybridized carbons (Fsp3) is 0.577. The van der Waals surface area contributed by atoms with Gasteiger partial charge in [-0.3, -0.25) is 0 Å². The first-order valence-electron chi connectivity index (χ1n) is 11.5. The molecule has 0 heterocycles. The first-order valence-corrected chi connectivity index (χ1v) is 11.5. The fourth-order valence-electron chi connectivity index (χ4n) is 4.91. The average molecular weight is 432 g/mol. The Kier molecular flexibility index (Phi) is 9.21. The zero-order valence-electron chi connectivity index (χ0n) is 18.0. The van der Waals surface area contributed by atoms with Crippen molar-refractivity contribution in [3.8, 4) is 6.07 Å². The van der Waals surface area contributed by atoms with Gasteiger partial charge in [0.2, 0.25) is 0 Å². The van der Waals surface area contributed by atoms with Crippen molar-refractivity contribution in [1.82, 2.24) is 0 Å². The molecular weight excluding hydrogens is 399 g/mol. The van der Waals surface area contributed by atoms with Gasteiger partial charge in [-0.15, -0.1) is 0 Å². The number of ether oxygens (including phenoxy) is 1. The van der Waals surface area contributed by atoms with Crippen LogP contribution in [-0.4, -0.2) is 12.7 Å². The molecule has 0 bridgehead atoms. The predicted molar refractivity (Wildman–Crippen MR) is 116 cm³/mol. The Morgan fingerprint density at radius 2 is 1.71 bits per heavy atom. The number of benzene rings is 1. The van der Waals surface area contributed by atoms with Crippen LogP contribution in [0.1, 0.15) is 75.7 Å². The van der Waals surface area contributed by atoms with Gasteiger partial charge >= 0.3 is 0 Å². The Balaban J connectivity index is 1.29. The highest BCUT2D eigenvalue weighted by Crippen LogP contribution is 2.37. The summed E-state index contributed by atoms with van der Waals surface area (Å²) in [5, 5.41) is 8.36. The number of allylic oxidation sites excluding steroid dienone is 4. The minimum absolute atomic E-state index is 0.322. The van der Waals surface area contributed by atoms with Crippen LogP contribution in [0, 0.1) is 34.8 Å². The van der Waals surface area contributed by atoms with Gasteiger partial charge in [-0.1, -0.05) is 18.2 Å². The summed E-state index contributed by atoms with van der Waals surface area (Å²) >= 11 is 0. The molecule has 2 aliphatic rings.